The maximum atomic E-state index is 13.0. The molecule has 0 spiro atoms. The first kappa shape index (κ1) is 24.4. The Labute approximate surface area is 195 Å². The van der Waals surface area contributed by atoms with Crippen LogP contribution in [-0.2, 0) is 9.59 Å². The molecule has 0 saturated heterocycles. The van der Waals surface area contributed by atoms with Crippen LogP contribution in [0, 0.1) is 0 Å². The summed E-state index contributed by atoms with van der Waals surface area (Å²) in [6, 6.07) is 10.8. The van der Waals surface area contributed by atoms with Crippen molar-refractivity contribution in [2.45, 2.75) is 57.8 Å². The van der Waals surface area contributed by atoms with Crippen molar-refractivity contribution >= 4 is 23.2 Å². The molecule has 33 heavy (non-hydrogen) atoms. The van der Waals surface area contributed by atoms with Gasteiger partial charge in [0.2, 0.25) is 11.8 Å². The second-order valence-electron chi connectivity index (χ2n) is 8.23. The van der Waals surface area contributed by atoms with Crippen molar-refractivity contribution in [1.29, 1.82) is 0 Å². The van der Waals surface area contributed by atoms with Crippen LogP contribution in [0.15, 0.2) is 36.4 Å². The maximum Gasteiger partial charge on any atom is 0.232 e. The molecule has 1 aliphatic heterocycles. The molecule has 0 saturated carbocycles. The van der Waals surface area contributed by atoms with E-state index in [-0.39, 0.29) is 18.2 Å². The molecule has 1 aliphatic rings. The molecule has 7 heteroatoms. The Hall–Kier alpha value is -3.22. The Balaban J connectivity index is 1.58. The summed E-state index contributed by atoms with van der Waals surface area (Å²) in [6.07, 6.45) is 7.38. The van der Waals surface area contributed by atoms with Crippen molar-refractivity contribution in [3.8, 4) is 17.2 Å². The van der Waals surface area contributed by atoms with Gasteiger partial charge in [-0.15, -0.1) is 0 Å². The number of carbonyl (C=O) groups excluding carboxylic acids is 2. The first-order valence-electron chi connectivity index (χ1n) is 11.6. The van der Waals surface area contributed by atoms with Crippen LogP contribution in [0.3, 0.4) is 0 Å². The monoisotopic (exact) mass is 454 g/mol. The van der Waals surface area contributed by atoms with E-state index in [1.807, 2.05) is 24.3 Å². The molecule has 2 aromatic carbocycles. The van der Waals surface area contributed by atoms with Crippen LogP contribution in [0.1, 0.15) is 63.4 Å². The summed E-state index contributed by atoms with van der Waals surface area (Å²) >= 11 is 0. The molecule has 0 fully saturated rings. The Morgan fingerprint density at radius 1 is 1.00 bits per heavy atom. The van der Waals surface area contributed by atoms with Gasteiger partial charge in [-0.05, 0) is 42.3 Å². The fraction of sp³-hybridized carbons (Fsp3) is 0.462. The number of ether oxygens (including phenoxy) is 3. The number of amides is 2. The van der Waals surface area contributed by atoms with Crippen molar-refractivity contribution < 1.29 is 23.8 Å². The highest BCUT2D eigenvalue weighted by Crippen LogP contribution is 2.40. The van der Waals surface area contributed by atoms with E-state index in [2.05, 4.69) is 17.6 Å². The summed E-state index contributed by atoms with van der Waals surface area (Å²) in [5.74, 6) is 0.691. The summed E-state index contributed by atoms with van der Waals surface area (Å²) in [5, 5.41) is 5.73. The minimum atomic E-state index is -0.628. The molecule has 1 heterocycles. The van der Waals surface area contributed by atoms with E-state index in [0.717, 1.165) is 12.2 Å². The summed E-state index contributed by atoms with van der Waals surface area (Å²) in [4.78, 5) is 25.3. The number of unbranched alkanes of at least 4 members (excludes halogenated alkanes) is 5. The van der Waals surface area contributed by atoms with E-state index in [9.17, 15) is 9.59 Å². The van der Waals surface area contributed by atoms with Crippen LogP contribution in [0.25, 0.3) is 0 Å². The molecule has 0 radical (unpaired) electrons. The molecular weight excluding hydrogens is 420 g/mol. The van der Waals surface area contributed by atoms with Crippen molar-refractivity contribution in [2.24, 2.45) is 0 Å². The molecule has 2 amide bonds. The van der Waals surface area contributed by atoms with Gasteiger partial charge >= 0.3 is 0 Å². The highest BCUT2D eigenvalue weighted by molar-refractivity contribution is 6.05. The zero-order valence-electron chi connectivity index (χ0n) is 19.7. The normalized spacial score (nSPS) is 14.8. The van der Waals surface area contributed by atoms with Gasteiger partial charge in [-0.3, -0.25) is 9.59 Å². The first-order valence-corrected chi connectivity index (χ1v) is 11.6. The average Bonchev–Trinajstić information content (AvgIpc) is 2.83. The number of benzene rings is 2. The van der Waals surface area contributed by atoms with Crippen molar-refractivity contribution in [3.63, 3.8) is 0 Å². The minimum Gasteiger partial charge on any atom is -0.494 e. The lowest BCUT2D eigenvalue weighted by Crippen LogP contribution is -2.30. The number of hydrogen-bond acceptors (Lipinski definition) is 5. The van der Waals surface area contributed by atoms with Gasteiger partial charge in [-0.1, -0.05) is 39.0 Å². The fourth-order valence-corrected chi connectivity index (χ4v) is 3.96. The van der Waals surface area contributed by atoms with Crippen molar-refractivity contribution in [1.82, 2.24) is 0 Å². The number of anilines is 2. The topological polar surface area (TPSA) is 85.9 Å². The van der Waals surface area contributed by atoms with Crippen LogP contribution in [-0.4, -0.2) is 32.6 Å². The second-order valence-corrected chi connectivity index (χ2v) is 8.23. The van der Waals surface area contributed by atoms with Gasteiger partial charge < -0.3 is 24.8 Å². The predicted octanol–water partition coefficient (Wildman–Crippen LogP) is 5.51. The lowest BCUT2D eigenvalue weighted by molar-refractivity contribution is -0.123. The molecule has 178 valence electrons. The SMILES string of the molecule is CCCCCCCCOc1ccc(NC(=O)[C@@H]2CC(=O)Nc3cc(OC)c(OC)cc32)cc1. The fourth-order valence-electron chi connectivity index (χ4n) is 3.96. The first-order chi connectivity index (χ1) is 16.0. The number of hydrogen-bond donors (Lipinski definition) is 2. The van der Waals surface area contributed by atoms with Gasteiger partial charge in [0, 0.05) is 23.9 Å². The Morgan fingerprint density at radius 2 is 1.67 bits per heavy atom. The average molecular weight is 455 g/mol. The number of fused-ring (bicyclic) bond motifs is 1. The van der Waals surface area contributed by atoms with Crippen LogP contribution < -0.4 is 24.8 Å². The third kappa shape index (κ3) is 6.63. The quantitative estimate of drug-likeness (QED) is 0.413. The van der Waals surface area contributed by atoms with Gasteiger partial charge in [0.05, 0.1) is 26.7 Å². The highest BCUT2D eigenvalue weighted by atomic mass is 16.5. The van der Waals surface area contributed by atoms with E-state index >= 15 is 0 Å². The Kier molecular flexibility index (Phi) is 8.98. The minimum absolute atomic E-state index is 0.0633. The van der Waals surface area contributed by atoms with Gasteiger partial charge in [0.25, 0.3) is 0 Å². The van der Waals surface area contributed by atoms with E-state index in [1.165, 1.54) is 46.3 Å². The number of carbonyl (C=O) groups is 2. The predicted molar refractivity (Wildman–Crippen MR) is 129 cm³/mol. The van der Waals surface area contributed by atoms with Gasteiger partial charge in [0.15, 0.2) is 11.5 Å². The van der Waals surface area contributed by atoms with Crippen LogP contribution in [0.2, 0.25) is 0 Å². The third-order valence-electron chi connectivity index (χ3n) is 5.80. The molecule has 2 aromatic rings. The van der Waals surface area contributed by atoms with E-state index in [4.69, 9.17) is 14.2 Å². The molecular formula is C26H34N2O5. The zero-order valence-corrected chi connectivity index (χ0v) is 19.7. The number of rotatable bonds is 12. The second kappa shape index (κ2) is 12.1. The van der Waals surface area contributed by atoms with Gasteiger partial charge in [-0.2, -0.15) is 0 Å². The van der Waals surface area contributed by atoms with Crippen molar-refractivity contribution in [2.75, 3.05) is 31.5 Å². The lowest BCUT2D eigenvalue weighted by Gasteiger charge is -2.26. The molecule has 7 nitrogen and oxygen atoms in total. The summed E-state index contributed by atoms with van der Waals surface area (Å²) in [5.41, 5.74) is 1.91. The van der Waals surface area contributed by atoms with E-state index < -0.39 is 5.92 Å². The van der Waals surface area contributed by atoms with Crippen molar-refractivity contribution in [3.05, 3.63) is 42.0 Å². The highest BCUT2D eigenvalue weighted by Gasteiger charge is 2.32. The Morgan fingerprint density at radius 3 is 2.36 bits per heavy atom. The summed E-state index contributed by atoms with van der Waals surface area (Å²) in [6.45, 7) is 2.91. The van der Waals surface area contributed by atoms with Crippen LogP contribution >= 0.6 is 0 Å². The number of nitrogens with one attached hydrogen (secondary N) is 2. The van der Waals surface area contributed by atoms with Crippen LogP contribution in [0.4, 0.5) is 11.4 Å². The standard InChI is InChI=1S/C26H34N2O5/c1-4-5-6-7-8-9-14-33-19-12-10-18(11-13-19)27-26(30)21-16-25(29)28-22-17-24(32-3)23(31-2)15-20(21)22/h10-13,15,17,21H,4-9,14,16H2,1-3H3,(H,27,30)(H,28,29)/t21-/m1/s1. The van der Waals surface area contributed by atoms with Crippen LogP contribution in [0.5, 0.6) is 17.2 Å². The molecule has 0 bridgehead atoms. The third-order valence-corrected chi connectivity index (χ3v) is 5.80. The maximum absolute atomic E-state index is 13.0. The molecule has 1 atom stereocenters. The van der Waals surface area contributed by atoms with Gasteiger partial charge in [-0.25, -0.2) is 0 Å². The molecule has 2 N–H and O–H groups in total. The number of methoxy groups -OCH3 is 2. The summed E-state index contributed by atoms with van der Waals surface area (Å²) in [7, 11) is 3.07. The molecule has 0 aliphatic carbocycles. The summed E-state index contributed by atoms with van der Waals surface area (Å²) < 4.78 is 16.5. The zero-order chi connectivity index (χ0) is 23.6. The largest absolute Gasteiger partial charge is 0.494 e. The van der Waals surface area contributed by atoms with E-state index in [1.54, 1.807) is 12.1 Å². The van der Waals surface area contributed by atoms with Gasteiger partial charge in [0.1, 0.15) is 5.75 Å². The molecule has 3 rings (SSSR count). The Bertz CT molecular complexity index is 942. The smallest absolute Gasteiger partial charge is 0.232 e. The van der Waals surface area contributed by atoms with E-state index in [0.29, 0.717) is 35.0 Å². The lowest BCUT2D eigenvalue weighted by atomic mass is 9.89. The molecule has 0 unspecified atom stereocenters. The molecule has 0 aromatic heterocycles.